The summed E-state index contributed by atoms with van der Waals surface area (Å²) < 4.78 is 10.8. The predicted molar refractivity (Wildman–Crippen MR) is 138 cm³/mol. The molecule has 2 N–H and O–H groups in total. The van der Waals surface area contributed by atoms with E-state index in [-0.39, 0.29) is 35.4 Å². The summed E-state index contributed by atoms with van der Waals surface area (Å²) in [5.74, 6) is 2.26. The topological polar surface area (TPSA) is 58.1 Å². The van der Waals surface area contributed by atoms with Gasteiger partial charge in [-0.3, -0.25) is 4.99 Å². The van der Waals surface area contributed by atoms with Crippen LogP contribution in [0.4, 0.5) is 0 Å². The van der Waals surface area contributed by atoms with Crippen molar-refractivity contribution >= 4 is 41.3 Å². The Morgan fingerprint density at radius 1 is 1.13 bits per heavy atom. The van der Waals surface area contributed by atoms with Crippen molar-refractivity contribution in [3.63, 3.8) is 0 Å². The van der Waals surface area contributed by atoms with Crippen LogP contribution < -0.4 is 20.1 Å². The molecule has 1 heterocycles. The van der Waals surface area contributed by atoms with Crippen molar-refractivity contribution in [1.82, 2.24) is 15.5 Å². The average Bonchev–Trinajstić information content (AvgIpc) is 3.25. The standard InChI is InChI=1S/C22H34N4O2S.HI/c1-22(2,20-9-8-12-29-20)15-25-21(23-3)24-14-17(26(4)5)16-10-11-18(27-6)19(13-16)28-7;/h8-13,17H,14-15H2,1-7H3,(H2,23,24,25);1H. The Kier molecular flexibility index (Phi) is 10.9. The Balaban J connectivity index is 0.00000450. The molecule has 2 rings (SSSR count). The smallest absolute Gasteiger partial charge is 0.191 e. The maximum atomic E-state index is 5.47. The fourth-order valence-electron chi connectivity index (χ4n) is 3.13. The third kappa shape index (κ3) is 7.02. The van der Waals surface area contributed by atoms with Gasteiger partial charge in [0.15, 0.2) is 17.5 Å². The maximum Gasteiger partial charge on any atom is 0.191 e. The van der Waals surface area contributed by atoms with Gasteiger partial charge in [-0.15, -0.1) is 35.3 Å². The lowest BCUT2D eigenvalue weighted by Gasteiger charge is -2.28. The Bertz CT molecular complexity index is 794. The number of hydrogen-bond donors (Lipinski definition) is 2. The van der Waals surface area contributed by atoms with E-state index in [0.717, 1.165) is 29.6 Å². The van der Waals surface area contributed by atoms with Gasteiger partial charge in [0, 0.05) is 30.4 Å². The Morgan fingerprint density at radius 2 is 1.83 bits per heavy atom. The number of halogens is 1. The molecule has 0 aliphatic carbocycles. The van der Waals surface area contributed by atoms with Crippen LogP contribution in [0.5, 0.6) is 11.5 Å². The molecule has 1 atom stereocenters. The molecular formula is C22H35IN4O2S. The molecule has 1 aromatic heterocycles. The van der Waals surface area contributed by atoms with Gasteiger partial charge in [0.25, 0.3) is 0 Å². The van der Waals surface area contributed by atoms with Crippen LogP contribution >= 0.6 is 35.3 Å². The first-order chi connectivity index (χ1) is 13.8. The van der Waals surface area contributed by atoms with Crippen molar-refractivity contribution in [2.75, 3.05) is 48.5 Å². The summed E-state index contributed by atoms with van der Waals surface area (Å²) in [7, 11) is 9.24. The molecule has 0 saturated heterocycles. The first kappa shape index (κ1) is 26.5. The molecule has 30 heavy (non-hydrogen) atoms. The van der Waals surface area contributed by atoms with E-state index < -0.39 is 0 Å². The summed E-state index contributed by atoms with van der Waals surface area (Å²) in [6.45, 7) is 5.99. The highest BCUT2D eigenvalue weighted by molar-refractivity contribution is 14.0. The number of nitrogens with zero attached hydrogens (tertiary/aromatic N) is 2. The molecule has 0 aliphatic heterocycles. The number of thiophene rings is 1. The highest BCUT2D eigenvalue weighted by Crippen LogP contribution is 2.31. The molecule has 1 aromatic carbocycles. The van der Waals surface area contributed by atoms with Gasteiger partial charge in [0.2, 0.25) is 0 Å². The number of methoxy groups -OCH3 is 2. The zero-order valence-corrected chi connectivity index (χ0v) is 22.1. The van der Waals surface area contributed by atoms with Crippen molar-refractivity contribution in [3.8, 4) is 11.5 Å². The Morgan fingerprint density at radius 3 is 2.37 bits per heavy atom. The molecule has 0 bridgehead atoms. The van der Waals surface area contributed by atoms with Gasteiger partial charge >= 0.3 is 0 Å². The van der Waals surface area contributed by atoms with Gasteiger partial charge in [-0.25, -0.2) is 0 Å². The summed E-state index contributed by atoms with van der Waals surface area (Å²) in [5, 5.41) is 9.05. The van der Waals surface area contributed by atoms with E-state index in [1.54, 1.807) is 32.6 Å². The van der Waals surface area contributed by atoms with E-state index in [4.69, 9.17) is 9.47 Å². The van der Waals surface area contributed by atoms with Gasteiger partial charge in [-0.1, -0.05) is 26.0 Å². The molecule has 6 nitrogen and oxygen atoms in total. The SMILES string of the molecule is CN=C(NCC(c1ccc(OC)c(OC)c1)N(C)C)NCC(C)(C)c1cccs1.I. The monoisotopic (exact) mass is 546 g/mol. The van der Waals surface area contributed by atoms with Gasteiger partial charge in [-0.2, -0.15) is 0 Å². The number of ether oxygens (including phenoxy) is 2. The van der Waals surface area contributed by atoms with E-state index in [9.17, 15) is 0 Å². The van der Waals surface area contributed by atoms with Crippen molar-refractivity contribution in [2.45, 2.75) is 25.3 Å². The minimum absolute atomic E-state index is 0. The van der Waals surface area contributed by atoms with E-state index >= 15 is 0 Å². The van der Waals surface area contributed by atoms with E-state index in [1.807, 2.05) is 12.1 Å². The van der Waals surface area contributed by atoms with Crippen LogP contribution in [0.2, 0.25) is 0 Å². The van der Waals surface area contributed by atoms with Crippen LogP contribution in [-0.2, 0) is 5.41 Å². The fraction of sp³-hybridized carbons (Fsp3) is 0.500. The summed E-state index contributed by atoms with van der Waals surface area (Å²) >= 11 is 1.79. The zero-order valence-electron chi connectivity index (χ0n) is 19.0. The summed E-state index contributed by atoms with van der Waals surface area (Å²) in [4.78, 5) is 7.93. The van der Waals surface area contributed by atoms with E-state index in [0.29, 0.717) is 6.54 Å². The summed E-state index contributed by atoms with van der Waals surface area (Å²) in [6, 6.07) is 10.5. The second kappa shape index (κ2) is 12.4. The molecule has 1 unspecified atom stereocenters. The molecular weight excluding hydrogens is 511 g/mol. The molecule has 0 radical (unpaired) electrons. The quantitative estimate of drug-likeness (QED) is 0.282. The molecule has 0 amide bonds. The van der Waals surface area contributed by atoms with Crippen LogP contribution in [0, 0.1) is 0 Å². The molecule has 168 valence electrons. The van der Waals surface area contributed by atoms with Crippen molar-refractivity contribution in [2.24, 2.45) is 4.99 Å². The van der Waals surface area contributed by atoms with Gasteiger partial charge < -0.3 is 25.0 Å². The molecule has 8 heteroatoms. The fourth-order valence-corrected chi connectivity index (χ4v) is 3.98. The number of guanidine groups is 1. The number of aliphatic imine (C=N–C) groups is 1. The number of likely N-dealkylation sites (N-methyl/N-ethyl adjacent to an activating group) is 1. The predicted octanol–water partition coefficient (Wildman–Crippen LogP) is 4.13. The Hall–Kier alpha value is -1.52. The average molecular weight is 547 g/mol. The minimum atomic E-state index is 0. The highest BCUT2D eigenvalue weighted by atomic mass is 127. The number of rotatable bonds is 9. The summed E-state index contributed by atoms with van der Waals surface area (Å²) in [6.07, 6.45) is 0. The van der Waals surface area contributed by atoms with Crippen molar-refractivity contribution in [3.05, 3.63) is 46.2 Å². The van der Waals surface area contributed by atoms with Crippen LogP contribution in [0.25, 0.3) is 0 Å². The van der Waals surface area contributed by atoms with E-state index in [2.05, 4.69) is 72.0 Å². The maximum absolute atomic E-state index is 5.47. The lowest BCUT2D eigenvalue weighted by molar-refractivity contribution is 0.295. The minimum Gasteiger partial charge on any atom is -0.493 e. The largest absolute Gasteiger partial charge is 0.493 e. The third-order valence-electron chi connectivity index (χ3n) is 4.99. The van der Waals surface area contributed by atoms with Gasteiger partial charge in [-0.05, 0) is 43.2 Å². The Labute approximate surface area is 202 Å². The second-order valence-corrected chi connectivity index (χ2v) is 8.71. The first-order valence-corrected chi connectivity index (χ1v) is 10.6. The van der Waals surface area contributed by atoms with Crippen LogP contribution in [0.1, 0.15) is 30.3 Å². The van der Waals surface area contributed by atoms with Crippen molar-refractivity contribution < 1.29 is 9.47 Å². The van der Waals surface area contributed by atoms with Crippen LogP contribution in [0.15, 0.2) is 40.7 Å². The van der Waals surface area contributed by atoms with Crippen LogP contribution in [0.3, 0.4) is 0 Å². The lowest BCUT2D eigenvalue weighted by atomic mass is 9.91. The second-order valence-electron chi connectivity index (χ2n) is 7.76. The molecule has 0 saturated carbocycles. The molecule has 0 aliphatic rings. The third-order valence-corrected chi connectivity index (χ3v) is 6.22. The van der Waals surface area contributed by atoms with E-state index in [1.165, 1.54) is 4.88 Å². The number of nitrogens with one attached hydrogen (secondary N) is 2. The highest BCUT2D eigenvalue weighted by Gasteiger charge is 2.22. The van der Waals surface area contributed by atoms with Gasteiger partial charge in [0.1, 0.15) is 0 Å². The van der Waals surface area contributed by atoms with Gasteiger partial charge in [0.05, 0.1) is 20.3 Å². The summed E-state index contributed by atoms with van der Waals surface area (Å²) in [5.41, 5.74) is 1.19. The molecule has 2 aromatic rings. The molecule has 0 fully saturated rings. The van der Waals surface area contributed by atoms with Crippen molar-refractivity contribution in [1.29, 1.82) is 0 Å². The number of hydrogen-bond acceptors (Lipinski definition) is 5. The normalized spacial score (nSPS) is 12.9. The number of benzene rings is 1. The zero-order chi connectivity index (χ0) is 21.4. The van der Waals surface area contributed by atoms with Crippen LogP contribution in [-0.4, -0.2) is 59.3 Å². The first-order valence-electron chi connectivity index (χ1n) is 9.69. The molecule has 0 spiro atoms. The lowest BCUT2D eigenvalue weighted by Crippen LogP contribution is -2.45.